The van der Waals surface area contributed by atoms with E-state index in [-0.39, 0.29) is 18.0 Å². The van der Waals surface area contributed by atoms with Gasteiger partial charge in [-0.2, -0.15) is 0 Å². The van der Waals surface area contributed by atoms with Gasteiger partial charge in [-0.05, 0) is 80.0 Å². The maximum atomic E-state index is 13.7. The van der Waals surface area contributed by atoms with Crippen molar-refractivity contribution >= 4 is 39.2 Å². The summed E-state index contributed by atoms with van der Waals surface area (Å²) < 4.78 is 10.4. The number of nitrogens with two attached hydrogens (primary N) is 1. The van der Waals surface area contributed by atoms with Crippen molar-refractivity contribution in [3.8, 4) is 17.3 Å². The van der Waals surface area contributed by atoms with E-state index in [1.807, 2.05) is 36.2 Å². The monoisotopic (exact) mass is 561 g/mol. The first-order valence-corrected chi connectivity index (χ1v) is 14.9. The van der Waals surface area contributed by atoms with Crippen molar-refractivity contribution in [1.29, 1.82) is 0 Å². The van der Waals surface area contributed by atoms with Gasteiger partial charge in [-0.25, -0.2) is 4.98 Å². The van der Waals surface area contributed by atoms with Crippen LogP contribution in [-0.2, 0) is 13.6 Å². The predicted molar refractivity (Wildman–Crippen MR) is 164 cm³/mol. The molecule has 2 aliphatic carbocycles. The van der Waals surface area contributed by atoms with Crippen LogP contribution in [-0.4, -0.2) is 55.6 Å². The van der Waals surface area contributed by atoms with Crippen LogP contribution in [0.25, 0.3) is 33.5 Å². The Bertz CT molecular complexity index is 1840. The standard InChI is InChI=1S/C33H35N7O2/c1-38-31-25(13-22(15-29(31)42-2)33(41)40-18-21-6-8-26(40)30(21)34)37-32(38)28-14-20-5-7-24(36-23-9-11-35-12-10-23)16-27(20)39(28)17-19-3-4-19/h5,7,9-16,19,21,26,30H,3-4,6,8,17-18,34H2,1-2H3,(H,35,36). The molecule has 3 aliphatic rings. The van der Waals surface area contributed by atoms with Crippen molar-refractivity contribution in [2.24, 2.45) is 24.6 Å². The Kier molecular flexibility index (Phi) is 5.79. The summed E-state index contributed by atoms with van der Waals surface area (Å²) in [7, 11) is 3.69. The summed E-state index contributed by atoms with van der Waals surface area (Å²) in [6, 6.07) is 16.7. The minimum absolute atomic E-state index is 0.0159. The highest BCUT2D eigenvalue weighted by Crippen LogP contribution is 2.40. The number of methoxy groups -OCH3 is 1. The number of carbonyl (C=O) groups excluding carboxylic acids is 1. The number of hydrogen-bond acceptors (Lipinski definition) is 6. The maximum Gasteiger partial charge on any atom is 0.254 e. The van der Waals surface area contributed by atoms with Gasteiger partial charge in [0.2, 0.25) is 0 Å². The van der Waals surface area contributed by atoms with Crippen LogP contribution < -0.4 is 15.8 Å². The topological polar surface area (TPSA) is 103 Å². The molecule has 214 valence electrons. The fourth-order valence-electron chi connectivity index (χ4n) is 7.14. The summed E-state index contributed by atoms with van der Waals surface area (Å²) in [5, 5.41) is 4.68. The Morgan fingerprint density at radius 2 is 1.88 bits per heavy atom. The van der Waals surface area contributed by atoms with Gasteiger partial charge in [0.1, 0.15) is 11.3 Å². The van der Waals surface area contributed by atoms with Crippen molar-refractivity contribution < 1.29 is 9.53 Å². The lowest BCUT2D eigenvalue weighted by molar-refractivity contribution is 0.0700. The molecule has 4 heterocycles. The first-order valence-electron chi connectivity index (χ1n) is 14.9. The summed E-state index contributed by atoms with van der Waals surface area (Å²) >= 11 is 0. The molecular formula is C33H35N7O2. The Labute approximate surface area is 244 Å². The molecule has 1 aliphatic heterocycles. The molecule has 1 saturated heterocycles. The number of anilines is 2. The number of amides is 1. The van der Waals surface area contributed by atoms with E-state index in [2.05, 4.69) is 43.7 Å². The van der Waals surface area contributed by atoms with E-state index in [9.17, 15) is 4.79 Å². The Hall–Kier alpha value is -4.37. The molecule has 2 saturated carbocycles. The number of aromatic nitrogens is 4. The molecule has 3 fully saturated rings. The average molecular weight is 562 g/mol. The predicted octanol–water partition coefficient (Wildman–Crippen LogP) is 5.31. The zero-order valence-electron chi connectivity index (χ0n) is 24.0. The lowest BCUT2D eigenvalue weighted by Crippen LogP contribution is -2.41. The van der Waals surface area contributed by atoms with Gasteiger partial charge < -0.3 is 29.8 Å². The van der Waals surface area contributed by atoms with Crippen LogP contribution in [0.4, 0.5) is 11.4 Å². The van der Waals surface area contributed by atoms with E-state index in [1.165, 1.54) is 23.7 Å². The molecule has 1 amide bonds. The van der Waals surface area contributed by atoms with Gasteiger partial charge in [-0.1, -0.05) is 6.07 Å². The van der Waals surface area contributed by atoms with E-state index >= 15 is 0 Å². The second kappa shape index (κ2) is 9.59. The largest absolute Gasteiger partial charge is 0.494 e. The molecule has 3 atom stereocenters. The number of aryl methyl sites for hydroxylation is 1. The number of rotatable bonds is 7. The third kappa shape index (κ3) is 4.06. The van der Waals surface area contributed by atoms with Crippen molar-refractivity contribution in [1.82, 2.24) is 24.0 Å². The molecule has 3 unspecified atom stereocenters. The first-order chi connectivity index (χ1) is 20.5. The number of nitrogens with one attached hydrogen (secondary N) is 1. The van der Waals surface area contributed by atoms with E-state index in [0.717, 1.165) is 59.9 Å². The number of ether oxygens (including phenoxy) is 1. The SMILES string of the molecule is COc1cc(C(=O)N2CC3CCC2C3N)cc2nc(-c3cc4ccc(Nc5ccncc5)cc4n3CC3CC3)n(C)c12. The number of piperidine rings is 1. The molecule has 0 spiro atoms. The molecule has 42 heavy (non-hydrogen) atoms. The van der Waals surface area contributed by atoms with E-state index in [1.54, 1.807) is 19.5 Å². The average Bonchev–Trinajstić information content (AvgIpc) is 3.42. The van der Waals surface area contributed by atoms with E-state index in [4.69, 9.17) is 15.5 Å². The Balaban J connectivity index is 1.21. The first kappa shape index (κ1) is 25.3. The maximum absolute atomic E-state index is 13.7. The van der Waals surface area contributed by atoms with Gasteiger partial charge in [0, 0.05) is 66.9 Å². The number of carbonyl (C=O) groups is 1. The smallest absolute Gasteiger partial charge is 0.254 e. The molecule has 9 heteroatoms. The fraction of sp³-hybridized carbons (Fsp3) is 0.364. The lowest BCUT2D eigenvalue weighted by atomic mass is 10.1. The van der Waals surface area contributed by atoms with Crippen LogP contribution in [0.1, 0.15) is 36.0 Å². The number of nitrogens with zero attached hydrogens (tertiary/aromatic N) is 5. The number of hydrogen-bond donors (Lipinski definition) is 2. The molecule has 3 aromatic heterocycles. The van der Waals surface area contributed by atoms with Gasteiger partial charge in [0.05, 0.1) is 23.8 Å². The highest BCUT2D eigenvalue weighted by molar-refractivity contribution is 6.00. The van der Waals surface area contributed by atoms with Gasteiger partial charge in [-0.15, -0.1) is 0 Å². The number of fused-ring (bicyclic) bond motifs is 4. The fourth-order valence-corrected chi connectivity index (χ4v) is 7.14. The van der Waals surface area contributed by atoms with Crippen molar-refractivity contribution in [3.63, 3.8) is 0 Å². The van der Waals surface area contributed by atoms with Gasteiger partial charge in [0.25, 0.3) is 5.91 Å². The third-order valence-corrected chi connectivity index (χ3v) is 9.56. The van der Waals surface area contributed by atoms with Crippen molar-refractivity contribution in [3.05, 3.63) is 66.5 Å². The number of imidazole rings is 1. The zero-order valence-corrected chi connectivity index (χ0v) is 24.0. The normalized spacial score (nSPS) is 21.5. The third-order valence-electron chi connectivity index (χ3n) is 9.56. The highest BCUT2D eigenvalue weighted by Gasteiger charge is 2.47. The summed E-state index contributed by atoms with van der Waals surface area (Å²) in [6.07, 6.45) is 8.17. The second-order valence-corrected chi connectivity index (χ2v) is 12.2. The van der Waals surface area contributed by atoms with Crippen LogP contribution in [0.15, 0.2) is 60.9 Å². The minimum Gasteiger partial charge on any atom is -0.494 e. The highest BCUT2D eigenvalue weighted by atomic mass is 16.5. The zero-order chi connectivity index (χ0) is 28.5. The quantitative estimate of drug-likeness (QED) is 0.279. The van der Waals surface area contributed by atoms with E-state index < -0.39 is 0 Å². The number of pyridine rings is 1. The summed E-state index contributed by atoms with van der Waals surface area (Å²) in [5.41, 5.74) is 12.9. The second-order valence-electron chi connectivity index (χ2n) is 12.2. The summed E-state index contributed by atoms with van der Waals surface area (Å²) in [4.78, 5) is 24.9. The van der Waals surface area contributed by atoms with Crippen molar-refractivity contribution in [2.75, 3.05) is 19.0 Å². The number of benzene rings is 2. The molecule has 2 aromatic carbocycles. The van der Waals surface area contributed by atoms with Gasteiger partial charge in [0.15, 0.2) is 5.82 Å². The lowest BCUT2D eigenvalue weighted by Gasteiger charge is -2.27. The molecular weight excluding hydrogens is 526 g/mol. The number of likely N-dealkylation sites (tertiary alicyclic amines) is 1. The molecule has 0 radical (unpaired) electrons. The summed E-state index contributed by atoms with van der Waals surface area (Å²) in [6.45, 7) is 1.68. The molecule has 3 N–H and O–H groups in total. The van der Waals surface area contributed by atoms with Crippen LogP contribution >= 0.6 is 0 Å². The molecule has 8 rings (SSSR count). The Morgan fingerprint density at radius 1 is 1.05 bits per heavy atom. The van der Waals surface area contributed by atoms with Crippen LogP contribution in [0.2, 0.25) is 0 Å². The van der Waals surface area contributed by atoms with Crippen molar-refractivity contribution in [2.45, 2.75) is 44.3 Å². The van der Waals surface area contributed by atoms with Crippen LogP contribution in [0, 0.1) is 11.8 Å². The van der Waals surface area contributed by atoms with Gasteiger partial charge >= 0.3 is 0 Å². The Morgan fingerprint density at radius 3 is 2.60 bits per heavy atom. The molecule has 5 aromatic rings. The van der Waals surface area contributed by atoms with Gasteiger partial charge in [-0.3, -0.25) is 9.78 Å². The van der Waals surface area contributed by atoms with E-state index in [0.29, 0.717) is 23.1 Å². The molecule has 2 bridgehead atoms. The summed E-state index contributed by atoms with van der Waals surface area (Å²) in [5.74, 6) is 2.60. The molecule has 9 nitrogen and oxygen atoms in total. The van der Waals surface area contributed by atoms with Crippen LogP contribution in [0.5, 0.6) is 5.75 Å². The minimum atomic E-state index is 0.0159. The van der Waals surface area contributed by atoms with Crippen LogP contribution in [0.3, 0.4) is 0 Å².